The zero-order valence-corrected chi connectivity index (χ0v) is 12.2. The molecule has 0 heterocycles. The lowest BCUT2D eigenvalue weighted by Gasteiger charge is -2.13. The zero-order chi connectivity index (χ0) is 12.8. The first-order valence-electron chi connectivity index (χ1n) is 5.35. The van der Waals surface area contributed by atoms with Gasteiger partial charge in [-0.3, -0.25) is 4.79 Å². The van der Waals surface area contributed by atoms with Gasteiger partial charge in [-0.25, -0.2) is 0 Å². The average molecular weight is 348 g/mol. The molecule has 0 radical (unpaired) electrons. The van der Waals surface area contributed by atoms with Crippen molar-refractivity contribution in [2.45, 2.75) is 19.4 Å². The fourth-order valence-electron chi connectivity index (χ4n) is 1.44. The van der Waals surface area contributed by atoms with Gasteiger partial charge in [0, 0.05) is 22.9 Å². The monoisotopic (exact) mass is 348 g/mol. The van der Waals surface area contributed by atoms with Crippen molar-refractivity contribution in [2.75, 3.05) is 19.0 Å². The Labute approximate surface area is 115 Å². The summed E-state index contributed by atoms with van der Waals surface area (Å²) in [6, 6.07) is 5.88. The van der Waals surface area contributed by atoms with Crippen LogP contribution in [0.3, 0.4) is 0 Å². The Hall–Kier alpha value is -0.660. The highest BCUT2D eigenvalue weighted by atomic mass is 127. The number of carbonyl (C=O) groups excluding carboxylic acids is 1. The largest absolute Gasteiger partial charge is 0.380 e. The van der Waals surface area contributed by atoms with Gasteiger partial charge in [0.25, 0.3) is 0 Å². The molecule has 94 valence electrons. The third-order valence-electron chi connectivity index (χ3n) is 2.47. The third-order valence-corrected chi connectivity index (χ3v) is 3.14. The van der Waals surface area contributed by atoms with Crippen molar-refractivity contribution >= 4 is 34.2 Å². The van der Waals surface area contributed by atoms with Crippen molar-refractivity contribution < 1.29 is 9.53 Å². The number of carbonyl (C=O) groups is 1. The number of rotatable bonds is 5. The van der Waals surface area contributed by atoms with Gasteiger partial charge in [0.15, 0.2) is 0 Å². The molecular weight excluding hydrogens is 331 g/mol. The van der Waals surface area contributed by atoms with Gasteiger partial charge in [-0.05, 0) is 53.3 Å². The molecule has 4 nitrogen and oxygen atoms in total. The summed E-state index contributed by atoms with van der Waals surface area (Å²) in [6.07, 6.45) is 0.0532. The quantitative estimate of drug-likeness (QED) is 0.799. The molecule has 1 atom stereocenters. The summed E-state index contributed by atoms with van der Waals surface area (Å²) >= 11 is 2.24. The Morgan fingerprint density at radius 3 is 2.82 bits per heavy atom. The molecule has 0 saturated heterocycles. The van der Waals surface area contributed by atoms with Crippen LogP contribution in [0.5, 0.6) is 0 Å². The summed E-state index contributed by atoms with van der Waals surface area (Å²) in [6.45, 7) is 2.31. The molecule has 0 saturated carbocycles. The van der Waals surface area contributed by atoms with E-state index < -0.39 is 0 Å². The Morgan fingerprint density at radius 2 is 2.29 bits per heavy atom. The number of nitrogens with two attached hydrogens (primary N) is 1. The van der Waals surface area contributed by atoms with Crippen molar-refractivity contribution in [1.29, 1.82) is 0 Å². The summed E-state index contributed by atoms with van der Waals surface area (Å²) in [5, 5.41) is 2.86. The Bertz CT molecular complexity index is 392. The molecule has 5 heteroatoms. The van der Waals surface area contributed by atoms with Gasteiger partial charge in [0.1, 0.15) is 0 Å². The van der Waals surface area contributed by atoms with Crippen LogP contribution in [0.15, 0.2) is 18.2 Å². The van der Waals surface area contributed by atoms with Crippen molar-refractivity contribution in [3.63, 3.8) is 0 Å². The predicted octanol–water partition coefficient (Wildman–Crippen LogP) is 1.90. The van der Waals surface area contributed by atoms with E-state index in [-0.39, 0.29) is 18.4 Å². The minimum absolute atomic E-state index is 0.0772. The normalized spacial score (nSPS) is 12.2. The topological polar surface area (TPSA) is 64.3 Å². The highest BCUT2D eigenvalue weighted by molar-refractivity contribution is 14.1. The molecule has 3 N–H and O–H groups in total. The van der Waals surface area contributed by atoms with E-state index in [4.69, 9.17) is 10.5 Å². The molecule has 0 aliphatic rings. The maximum Gasteiger partial charge on any atom is 0.227 e. The molecule has 1 aromatic rings. The molecule has 17 heavy (non-hydrogen) atoms. The number of amides is 1. The first-order chi connectivity index (χ1) is 8.06. The summed E-state index contributed by atoms with van der Waals surface area (Å²) < 4.78 is 6.22. The number of benzene rings is 1. The van der Waals surface area contributed by atoms with E-state index in [1.54, 1.807) is 7.11 Å². The van der Waals surface area contributed by atoms with Crippen LogP contribution in [0.1, 0.15) is 12.0 Å². The molecule has 1 amide bonds. The summed E-state index contributed by atoms with van der Waals surface area (Å²) in [7, 11) is 1.56. The fourth-order valence-corrected chi connectivity index (χ4v) is 2.09. The first kappa shape index (κ1) is 14.4. The predicted molar refractivity (Wildman–Crippen MR) is 77.0 cm³/mol. The van der Waals surface area contributed by atoms with Gasteiger partial charge in [0.05, 0.1) is 12.5 Å². The second-order valence-electron chi connectivity index (χ2n) is 3.80. The van der Waals surface area contributed by atoms with Gasteiger partial charge < -0.3 is 15.8 Å². The fraction of sp³-hybridized carbons (Fsp3) is 0.417. The summed E-state index contributed by atoms with van der Waals surface area (Å²) in [5.41, 5.74) is 7.35. The Kier molecular flexibility index (Phi) is 5.87. The minimum Gasteiger partial charge on any atom is -0.380 e. The lowest BCUT2D eigenvalue weighted by molar-refractivity contribution is -0.118. The standard InChI is InChI=1S/C12H17IN2O2/c1-8-5-9(13)3-4-11(8)15-12(16)6-10(7-14)17-2/h3-5,10H,6-7,14H2,1-2H3,(H,15,16). The van der Waals surface area contributed by atoms with E-state index in [1.165, 1.54) is 0 Å². The molecule has 1 aromatic carbocycles. The molecule has 1 unspecified atom stereocenters. The van der Waals surface area contributed by atoms with Gasteiger partial charge in [-0.15, -0.1) is 0 Å². The van der Waals surface area contributed by atoms with Crippen LogP contribution < -0.4 is 11.1 Å². The van der Waals surface area contributed by atoms with Crippen LogP contribution >= 0.6 is 22.6 Å². The second-order valence-corrected chi connectivity index (χ2v) is 5.05. The van der Waals surface area contributed by atoms with Crippen molar-refractivity contribution in [3.8, 4) is 0 Å². The van der Waals surface area contributed by atoms with Crippen LogP contribution in [0.2, 0.25) is 0 Å². The lowest BCUT2D eigenvalue weighted by Crippen LogP contribution is -2.28. The highest BCUT2D eigenvalue weighted by Gasteiger charge is 2.12. The molecule has 0 aliphatic heterocycles. The van der Waals surface area contributed by atoms with Crippen molar-refractivity contribution in [1.82, 2.24) is 0 Å². The number of halogens is 1. The van der Waals surface area contributed by atoms with E-state index in [0.29, 0.717) is 6.54 Å². The molecule has 0 fully saturated rings. The average Bonchev–Trinajstić information content (AvgIpc) is 2.29. The first-order valence-corrected chi connectivity index (χ1v) is 6.43. The number of methoxy groups -OCH3 is 1. The maximum absolute atomic E-state index is 11.7. The Balaban J connectivity index is 2.62. The SMILES string of the molecule is COC(CN)CC(=O)Nc1ccc(I)cc1C. The van der Waals surface area contributed by atoms with Gasteiger partial charge >= 0.3 is 0 Å². The molecule has 0 aromatic heterocycles. The van der Waals surface area contributed by atoms with Crippen LogP contribution in [0, 0.1) is 10.5 Å². The maximum atomic E-state index is 11.7. The highest BCUT2D eigenvalue weighted by Crippen LogP contribution is 2.18. The number of ether oxygens (including phenoxy) is 1. The number of anilines is 1. The number of aryl methyl sites for hydroxylation is 1. The number of nitrogens with one attached hydrogen (secondary N) is 1. The van der Waals surface area contributed by atoms with E-state index in [1.807, 2.05) is 25.1 Å². The number of hydrogen-bond donors (Lipinski definition) is 2. The second kappa shape index (κ2) is 6.93. The Morgan fingerprint density at radius 1 is 1.59 bits per heavy atom. The van der Waals surface area contributed by atoms with Crippen LogP contribution in [0.25, 0.3) is 0 Å². The van der Waals surface area contributed by atoms with Crippen LogP contribution in [-0.2, 0) is 9.53 Å². The van der Waals surface area contributed by atoms with Crippen molar-refractivity contribution in [2.24, 2.45) is 5.73 Å². The lowest BCUT2D eigenvalue weighted by atomic mass is 10.2. The van der Waals surface area contributed by atoms with Gasteiger partial charge in [-0.2, -0.15) is 0 Å². The van der Waals surface area contributed by atoms with E-state index in [0.717, 1.165) is 14.8 Å². The van der Waals surface area contributed by atoms with Crippen LogP contribution in [0.4, 0.5) is 5.69 Å². The van der Waals surface area contributed by atoms with Gasteiger partial charge in [-0.1, -0.05) is 0 Å². The van der Waals surface area contributed by atoms with Crippen LogP contribution in [-0.4, -0.2) is 25.7 Å². The third kappa shape index (κ3) is 4.61. The molecule has 1 rings (SSSR count). The van der Waals surface area contributed by atoms with E-state index in [2.05, 4.69) is 27.9 Å². The molecule has 0 aliphatic carbocycles. The minimum atomic E-state index is -0.223. The van der Waals surface area contributed by atoms with E-state index in [9.17, 15) is 4.79 Å². The summed E-state index contributed by atoms with van der Waals surface area (Å²) in [4.78, 5) is 11.7. The molecule has 0 bridgehead atoms. The van der Waals surface area contributed by atoms with Crippen molar-refractivity contribution in [3.05, 3.63) is 27.3 Å². The summed E-state index contributed by atoms with van der Waals surface area (Å²) in [5.74, 6) is -0.0772. The number of hydrogen-bond acceptors (Lipinski definition) is 3. The van der Waals surface area contributed by atoms with Gasteiger partial charge in [0.2, 0.25) is 5.91 Å². The van der Waals surface area contributed by atoms with E-state index >= 15 is 0 Å². The molecular formula is C12H17IN2O2. The molecule has 0 spiro atoms. The smallest absolute Gasteiger partial charge is 0.227 e. The zero-order valence-electron chi connectivity index (χ0n) is 10.00.